The minimum atomic E-state index is -3.86. The van der Waals surface area contributed by atoms with Crippen LogP contribution in [-0.4, -0.2) is 39.4 Å². The summed E-state index contributed by atoms with van der Waals surface area (Å²) in [7, 11) is -3.86. The number of rotatable bonds is 9. The first-order valence-electron chi connectivity index (χ1n) is 13.8. The number of benzene rings is 3. The molecule has 0 atom stereocenters. The van der Waals surface area contributed by atoms with Gasteiger partial charge in [0, 0.05) is 35.3 Å². The third kappa shape index (κ3) is 6.10. The number of non-ortho nitro benzene ring substituents is 1. The number of hydrogen-bond donors (Lipinski definition) is 1. The Morgan fingerprint density at radius 1 is 1.00 bits per heavy atom. The van der Waals surface area contributed by atoms with Crippen LogP contribution in [0.4, 0.5) is 11.6 Å². The van der Waals surface area contributed by atoms with Gasteiger partial charge in [-0.2, -0.15) is 0 Å². The standard InChI is InChI=1S/C31H28ClN5O5S/c32-28-18-33-31(34-22-13-15-24(16-14-22)42-20-21-7-6-8-23(17-21)37(38)39)35-30(28)27-19-36(29-12-5-4-11-26(27)29)43(40,41)25-9-2-1-3-10-25/h1-12,17-19,22,24H,13-16,20H2,(H,33,34,35). The van der Waals surface area contributed by atoms with Crippen LogP contribution in [0.3, 0.4) is 0 Å². The van der Waals surface area contributed by atoms with Crippen molar-refractivity contribution >= 4 is 44.2 Å². The van der Waals surface area contributed by atoms with Crippen LogP contribution in [0, 0.1) is 10.1 Å². The molecule has 0 unspecified atom stereocenters. The van der Waals surface area contributed by atoms with Crippen LogP contribution in [-0.2, 0) is 21.4 Å². The van der Waals surface area contributed by atoms with Crippen molar-refractivity contribution in [2.24, 2.45) is 0 Å². The van der Waals surface area contributed by atoms with Crippen molar-refractivity contribution in [3.63, 3.8) is 0 Å². The van der Waals surface area contributed by atoms with E-state index in [1.165, 1.54) is 22.3 Å². The summed E-state index contributed by atoms with van der Waals surface area (Å²) in [5.41, 5.74) is 2.37. The average Bonchev–Trinajstić information content (AvgIpc) is 3.43. The van der Waals surface area contributed by atoms with Gasteiger partial charge >= 0.3 is 0 Å². The van der Waals surface area contributed by atoms with Gasteiger partial charge in [-0.1, -0.05) is 60.1 Å². The Hall–Kier alpha value is -4.32. The Labute approximate surface area is 253 Å². The van der Waals surface area contributed by atoms with Crippen molar-refractivity contribution < 1.29 is 18.1 Å². The molecule has 1 fully saturated rings. The van der Waals surface area contributed by atoms with Crippen molar-refractivity contribution in [3.05, 3.63) is 112 Å². The number of ether oxygens (including phenoxy) is 1. The lowest BCUT2D eigenvalue weighted by Gasteiger charge is -2.29. The lowest BCUT2D eigenvalue weighted by molar-refractivity contribution is -0.385. The molecule has 3 aromatic carbocycles. The van der Waals surface area contributed by atoms with E-state index in [0.29, 0.717) is 39.7 Å². The first-order chi connectivity index (χ1) is 20.8. The Morgan fingerprint density at radius 2 is 1.74 bits per heavy atom. The van der Waals surface area contributed by atoms with E-state index in [0.717, 1.165) is 31.2 Å². The van der Waals surface area contributed by atoms with Gasteiger partial charge in [0.05, 0.1) is 45.0 Å². The maximum absolute atomic E-state index is 13.6. The Bertz CT molecular complexity index is 1890. The number of anilines is 1. The number of fused-ring (bicyclic) bond motifs is 1. The number of nitro groups is 1. The van der Waals surface area contributed by atoms with Gasteiger partial charge in [-0.05, 0) is 49.4 Å². The summed E-state index contributed by atoms with van der Waals surface area (Å²) < 4.78 is 34.4. The Morgan fingerprint density at radius 3 is 2.51 bits per heavy atom. The summed E-state index contributed by atoms with van der Waals surface area (Å²) >= 11 is 6.58. The van der Waals surface area contributed by atoms with Crippen LogP contribution >= 0.6 is 11.6 Å². The van der Waals surface area contributed by atoms with Gasteiger partial charge < -0.3 is 10.1 Å². The normalized spacial score (nSPS) is 17.1. The van der Waals surface area contributed by atoms with E-state index in [1.807, 2.05) is 18.2 Å². The Balaban J connectivity index is 1.17. The summed E-state index contributed by atoms with van der Waals surface area (Å²) in [5, 5.41) is 15.5. The van der Waals surface area contributed by atoms with Crippen LogP contribution in [0.2, 0.25) is 5.02 Å². The molecule has 1 aliphatic rings. The van der Waals surface area contributed by atoms with Gasteiger partial charge in [0.1, 0.15) is 0 Å². The van der Waals surface area contributed by atoms with Crippen molar-refractivity contribution in [3.8, 4) is 11.3 Å². The molecule has 220 valence electrons. The van der Waals surface area contributed by atoms with Crippen molar-refractivity contribution in [2.75, 3.05) is 5.32 Å². The van der Waals surface area contributed by atoms with Gasteiger partial charge in [-0.25, -0.2) is 22.4 Å². The summed E-state index contributed by atoms with van der Waals surface area (Å²) in [4.78, 5) is 19.9. The van der Waals surface area contributed by atoms with E-state index in [2.05, 4.69) is 10.3 Å². The molecule has 0 spiro atoms. The Kier molecular flexibility index (Phi) is 8.11. The highest BCUT2D eigenvalue weighted by Gasteiger charge is 2.25. The quantitative estimate of drug-likeness (QED) is 0.141. The van der Waals surface area contributed by atoms with Crippen molar-refractivity contribution in [1.82, 2.24) is 13.9 Å². The van der Waals surface area contributed by atoms with Crippen LogP contribution in [0.15, 0.2) is 96.2 Å². The van der Waals surface area contributed by atoms with Gasteiger partial charge in [0.15, 0.2) is 0 Å². The van der Waals surface area contributed by atoms with E-state index >= 15 is 0 Å². The molecule has 5 aromatic rings. The topological polar surface area (TPSA) is 129 Å². The minimum Gasteiger partial charge on any atom is -0.374 e. The first kappa shape index (κ1) is 28.8. The number of nitro benzene ring substituents is 1. The second-order valence-corrected chi connectivity index (χ2v) is 12.6. The van der Waals surface area contributed by atoms with Crippen LogP contribution in [0.1, 0.15) is 31.2 Å². The molecule has 0 amide bonds. The molecule has 10 nitrogen and oxygen atoms in total. The summed E-state index contributed by atoms with van der Waals surface area (Å²) in [6.45, 7) is 0.321. The molecule has 2 heterocycles. The minimum absolute atomic E-state index is 0.0525. The fourth-order valence-corrected chi connectivity index (χ4v) is 6.98. The number of halogens is 1. The zero-order valence-electron chi connectivity index (χ0n) is 23.0. The fraction of sp³-hybridized carbons (Fsp3) is 0.226. The third-order valence-corrected chi connectivity index (χ3v) is 9.56. The maximum Gasteiger partial charge on any atom is 0.269 e. The summed E-state index contributed by atoms with van der Waals surface area (Å²) in [5.74, 6) is 0.406. The predicted molar refractivity (Wildman–Crippen MR) is 165 cm³/mol. The lowest BCUT2D eigenvalue weighted by atomic mass is 9.93. The number of hydrogen-bond acceptors (Lipinski definition) is 8. The molecule has 6 rings (SSSR count). The lowest BCUT2D eigenvalue weighted by Crippen LogP contribution is -2.30. The van der Waals surface area contributed by atoms with Crippen LogP contribution in [0.5, 0.6) is 0 Å². The summed E-state index contributed by atoms with van der Waals surface area (Å²) in [6, 6.07) is 22.1. The monoisotopic (exact) mass is 617 g/mol. The van der Waals surface area contributed by atoms with Gasteiger partial charge in [0.25, 0.3) is 15.7 Å². The molecule has 1 N–H and O–H groups in total. The second kappa shape index (κ2) is 12.1. The number of aromatic nitrogens is 3. The molecule has 43 heavy (non-hydrogen) atoms. The number of para-hydroxylation sites is 1. The molecule has 0 bridgehead atoms. The van der Waals surface area contributed by atoms with E-state index < -0.39 is 14.9 Å². The molecule has 1 saturated carbocycles. The highest BCUT2D eigenvalue weighted by atomic mass is 35.5. The van der Waals surface area contributed by atoms with E-state index in [9.17, 15) is 18.5 Å². The fourth-order valence-electron chi connectivity index (χ4n) is 5.40. The zero-order valence-corrected chi connectivity index (χ0v) is 24.5. The predicted octanol–water partition coefficient (Wildman–Crippen LogP) is 6.84. The van der Waals surface area contributed by atoms with Gasteiger partial charge in [0.2, 0.25) is 5.95 Å². The molecule has 0 aliphatic heterocycles. The number of nitrogens with one attached hydrogen (secondary N) is 1. The maximum atomic E-state index is 13.6. The number of nitrogens with zero attached hydrogens (tertiary/aromatic N) is 4. The van der Waals surface area contributed by atoms with E-state index in [4.69, 9.17) is 21.3 Å². The smallest absolute Gasteiger partial charge is 0.269 e. The van der Waals surface area contributed by atoms with Gasteiger partial charge in [-0.3, -0.25) is 10.1 Å². The zero-order chi connectivity index (χ0) is 30.0. The molecule has 0 saturated heterocycles. The molecule has 12 heteroatoms. The van der Waals surface area contributed by atoms with Crippen molar-refractivity contribution in [2.45, 2.75) is 49.3 Å². The third-order valence-electron chi connectivity index (χ3n) is 7.59. The highest BCUT2D eigenvalue weighted by molar-refractivity contribution is 7.90. The molecule has 0 radical (unpaired) electrons. The molecular formula is C31H28ClN5O5S. The van der Waals surface area contributed by atoms with Gasteiger partial charge in [-0.15, -0.1) is 0 Å². The van der Waals surface area contributed by atoms with E-state index in [-0.39, 0.29) is 22.7 Å². The summed E-state index contributed by atoms with van der Waals surface area (Å²) in [6.07, 6.45) is 6.44. The largest absolute Gasteiger partial charge is 0.374 e. The SMILES string of the molecule is O=[N+]([O-])c1cccc(COC2CCC(Nc3ncc(Cl)c(-c4cn(S(=O)(=O)c5ccccc5)c5ccccc45)n3)CC2)c1. The van der Waals surface area contributed by atoms with Crippen molar-refractivity contribution in [1.29, 1.82) is 0 Å². The van der Waals surface area contributed by atoms with E-state index in [1.54, 1.807) is 54.7 Å². The molecule has 2 aromatic heterocycles. The highest BCUT2D eigenvalue weighted by Crippen LogP contribution is 2.36. The second-order valence-electron chi connectivity index (χ2n) is 10.4. The van der Waals surface area contributed by atoms with Crippen LogP contribution < -0.4 is 5.32 Å². The molecule has 1 aliphatic carbocycles. The average molecular weight is 618 g/mol. The molecular weight excluding hydrogens is 590 g/mol. The first-order valence-corrected chi connectivity index (χ1v) is 15.7. The van der Waals surface area contributed by atoms with Crippen LogP contribution in [0.25, 0.3) is 22.2 Å².